The van der Waals surface area contributed by atoms with Crippen molar-refractivity contribution in [3.8, 4) is 0 Å². The van der Waals surface area contributed by atoms with E-state index in [1.54, 1.807) is 0 Å². The Balaban J connectivity index is 4.15. The molecule has 0 aliphatic rings. The van der Waals surface area contributed by atoms with E-state index in [0.29, 0.717) is 24.1 Å². The maximum Gasteiger partial charge on any atom is 0.472 e. The Hall–Kier alpha value is -2.58. The lowest BCUT2D eigenvalue weighted by molar-refractivity contribution is -0.870. The van der Waals surface area contributed by atoms with Gasteiger partial charge in [0.05, 0.1) is 34.4 Å². The highest BCUT2D eigenvalue weighted by Gasteiger charge is 2.26. The van der Waals surface area contributed by atoms with Crippen LogP contribution in [0.15, 0.2) is 97.2 Å². The van der Waals surface area contributed by atoms with E-state index in [0.717, 1.165) is 89.9 Å². The molecule has 0 amide bonds. The number of nitrogens with zero attached hydrogens (tertiary/aromatic N) is 1. The van der Waals surface area contributed by atoms with Crippen molar-refractivity contribution < 1.29 is 37.3 Å². The Morgan fingerprint density at radius 1 is 0.464 bits per heavy atom. The van der Waals surface area contributed by atoms with Crippen molar-refractivity contribution in [2.75, 3.05) is 54.1 Å². The standard InChI is InChI=1S/C60H106NO7P/c1-6-8-10-12-14-16-18-20-22-24-26-28-29-30-31-32-34-36-38-40-42-44-46-48-50-52-55-65-57-59(58-67-69(63,64)66-56-54-61(3,4)5)68-60(62)53-51-49-47-45-43-41-39-37-35-33-27-25-23-21-19-17-15-13-11-9-7-2/h8,10,14,16,19-22,25-28,30-31,35,37,59H,6-7,9,11-13,15,17-18,23-24,29,32-34,36,38-58H2,1-5H3/p+1/b10-8-,16-14-,21-19-,22-20-,27-25-,28-26-,31-30-,37-35-. The van der Waals surface area contributed by atoms with Crippen LogP contribution in [0, 0.1) is 0 Å². The SMILES string of the molecule is CC/C=C\C/C=C\C/C=C\C/C=C\C/C=C\CCCCCCCCCCCCOCC(COP(=O)(O)OCC[N+](C)(C)C)OC(=O)CCCCCCCC/C=C\C/C=C\C/C=C\CCCCCCC. The largest absolute Gasteiger partial charge is 0.472 e. The number of esters is 1. The molecule has 1 N–H and O–H groups in total. The van der Waals surface area contributed by atoms with Gasteiger partial charge in [-0.3, -0.25) is 13.8 Å². The Labute approximate surface area is 426 Å². The van der Waals surface area contributed by atoms with Gasteiger partial charge < -0.3 is 18.9 Å². The molecule has 69 heavy (non-hydrogen) atoms. The third-order valence-electron chi connectivity index (χ3n) is 11.6. The molecule has 8 nitrogen and oxygen atoms in total. The monoisotopic (exact) mass is 985 g/mol. The average molecular weight is 985 g/mol. The van der Waals surface area contributed by atoms with Crippen LogP contribution in [0.25, 0.3) is 0 Å². The van der Waals surface area contributed by atoms with Gasteiger partial charge in [-0.15, -0.1) is 0 Å². The first-order chi connectivity index (χ1) is 33.6. The number of carbonyl (C=O) groups is 1. The predicted octanol–water partition coefficient (Wildman–Crippen LogP) is 17.7. The number of unbranched alkanes of at least 4 members (excludes halogenated alkanes) is 21. The highest BCUT2D eigenvalue weighted by molar-refractivity contribution is 7.47. The zero-order valence-electron chi connectivity index (χ0n) is 45.3. The lowest BCUT2D eigenvalue weighted by Gasteiger charge is -2.24. The van der Waals surface area contributed by atoms with Crippen molar-refractivity contribution in [1.29, 1.82) is 0 Å². The first-order valence-corrected chi connectivity index (χ1v) is 29.5. The molecule has 0 heterocycles. The normalized spacial score (nSPS) is 14.2. The lowest BCUT2D eigenvalue weighted by atomic mass is 10.1. The molecule has 0 saturated carbocycles. The number of carbonyl (C=O) groups excluding carboxylic acids is 1. The lowest BCUT2D eigenvalue weighted by Crippen LogP contribution is -2.37. The fourth-order valence-electron chi connectivity index (χ4n) is 7.35. The third kappa shape index (κ3) is 56.2. The van der Waals surface area contributed by atoms with Gasteiger partial charge in [-0.25, -0.2) is 4.57 Å². The molecular formula is C60H107NO7P+. The number of quaternary nitrogens is 1. The molecule has 9 heteroatoms. The number of ether oxygens (including phenoxy) is 2. The fraction of sp³-hybridized carbons (Fsp3) is 0.717. The maximum absolute atomic E-state index is 12.8. The van der Waals surface area contributed by atoms with Crippen LogP contribution in [-0.4, -0.2) is 75.6 Å². The first-order valence-electron chi connectivity index (χ1n) is 28.0. The van der Waals surface area contributed by atoms with Crippen molar-refractivity contribution >= 4 is 13.8 Å². The van der Waals surface area contributed by atoms with Crippen LogP contribution in [-0.2, 0) is 27.9 Å². The summed E-state index contributed by atoms with van der Waals surface area (Å²) < 4.78 is 35.2. The summed E-state index contributed by atoms with van der Waals surface area (Å²) in [6, 6.07) is 0. The number of allylic oxidation sites excluding steroid dienone is 16. The van der Waals surface area contributed by atoms with Crippen LogP contribution in [0.1, 0.15) is 219 Å². The molecule has 2 unspecified atom stereocenters. The van der Waals surface area contributed by atoms with E-state index < -0.39 is 13.9 Å². The number of rotatable bonds is 51. The molecule has 398 valence electrons. The Morgan fingerprint density at radius 3 is 1.26 bits per heavy atom. The van der Waals surface area contributed by atoms with E-state index in [1.165, 1.54) is 109 Å². The van der Waals surface area contributed by atoms with Crippen molar-refractivity contribution in [2.24, 2.45) is 0 Å². The van der Waals surface area contributed by atoms with E-state index in [4.69, 9.17) is 18.5 Å². The fourth-order valence-corrected chi connectivity index (χ4v) is 8.09. The summed E-state index contributed by atoms with van der Waals surface area (Å²) >= 11 is 0. The minimum absolute atomic E-state index is 0.0800. The summed E-state index contributed by atoms with van der Waals surface area (Å²) in [5, 5.41) is 0. The van der Waals surface area contributed by atoms with Gasteiger partial charge in [0.25, 0.3) is 0 Å². The van der Waals surface area contributed by atoms with Crippen molar-refractivity contribution in [1.82, 2.24) is 0 Å². The number of phosphoric acid groups is 1. The van der Waals surface area contributed by atoms with Crippen LogP contribution in [0.4, 0.5) is 0 Å². The Bertz CT molecular complexity index is 1420. The maximum atomic E-state index is 12.8. The summed E-state index contributed by atoms with van der Waals surface area (Å²) in [6.07, 6.45) is 71.7. The molecule has 0 aliphatic heterocycles. The van der Waals surface area contributed by atoms with Crippen LogP contribution in [0.5, 0.6) is 0 Å². The van der Waals surface area contributed by atoms with Crippen molar-refractivity contribution in [3.63, 3.8) is 0 Å². The zero-order valence-corrected chi connectivity index (χ0v) is 46.2. The van der Waals surface area contributed by atoms with Gasteiger partial charge in [0.15, 0.2) is 0 Å². The average Bonchev–Trinajstić information content (AvgIpc) is 3.31. The van der Waals surface area contributed by atoms with Crippen LogP contribution in [0.2, 0.25) is 0 Å². The predicted molar refractivity (Wildman–Crippen MR) is 298 cm³/mol. The topological polar surface area (TPSA) is 91.3 Å². The van der Waals surface area contributed by atoms with E-state index in [9.17, 15) is 14.3 Å². The molecule has 0 aromatic carbocycles. The molecule has 0 aromatic heterocycles. The molecular weight excluding hydrogens is 878 g/mol. The van der Waals surface area contributed by atoms with E-state index in [-0.39, 0.29) is 25.8 Å². The number of phosphoric ester groups is 1. The summed E-state index contributed by atoms with van der Waals surface area (Å²) in [5.41, 5.74) is 0. The van der Waals surface area contributed by atoms with E-state index >= 15 is 0 Å². The molecule has 0 fully saturated rings. The van der Waals surface area contributed by atoms with Gasteiger partial charge in [0.1, 0.15) is 19.3 Å². The first kappa shape index (κ1) is 66.4. The number of hydrogen-bond donors (Lipinski definition) is 1. The third-order valence-corrected chi connectivity index (χ3v) is 12.6. The second-order valence-electron chi connectivity index (χ2n) is 19.6. The van der Waals surface area contributed by atoms with Gasteiger partial charge in [0, 0.05) is 13.0 Å². The van der Waals surface area contributed by atoms with E-state index in [2.05, 4.69) is 111 Å². The molecule has 0 rings (SSSR count). The minimum Gasteiger partial charge on any atom is -0.457 e. The summed E-state index contributed by atoms with van der Waals surface area (Å²) in [6.45, 7) is 5.47. The molecule has 2 atom stereocenters. The zero-order chi connectivity index (χ0) is 50.5. The Kier molecular flexibility index (Phi) is 49.8. The highest BCUT2D eigenvalue weighted by atomic mass is 31.2. The highest BCUT2D eigenvalue weighted by Crippen LogP contribution is 2.43. The van der Waals surface area contributed by atoms with Crippen LogP contribution < -0.4 is 0 Å². The molecule has 0 radical (unpaired) electrons. The second kappa shape index (κ2) is 51.8. The van der Waals surface area contributed by atoms with Gasteiger partial charge in [0.2, 0.25) is 0 Å². The second-order valence-corrected chi connectivity index (χ2v) is 21.0. The molecule has 0 bridgehead atoms. The molecule has 0 aliphatic carbocycles. The van der Waals surface area contributed by atoms with Crippen LogP contribution >= 0.6 is 7.82 Å². The van der Waals surface area contributed by atoms with Crippen molar-refractivity contribution in [3.05, 3.63) is 97.2 Å². The van der Waals surface area contributed by atoms with Gasteiger partial charge in [-0.05, 0) is 96.3 Å². The molecule has 0 aromatic rings. The summed E-state index contributed by atoms with van der Waals surface area (Å²) in [5.74, 6) is -0.329. The smallest absolute Gasteiger partial charge is 0.457 e. The number of hydrogen-bond acceptors (Lipinski definition) is 6. The summed E-state index contributed by atoms with van der Waals surface area (Å²) in [4.78, 5) is 23.1. The molecule has 0 saturated heterocycles. The molecule has 0 spiro atoms. The summed E-state index contributed by atoms with van der Waals surface area (Å²) in [7, 11) is 1.64. The van der Waals surface area contributed by atoms with Gasteiger partial charge in [-0.2, -0.15) is 0 Å². The number of likely N-dealkylation sites (N-methyl/N-ethyl adjacent to an activating group) is 1. The van der Waals surface area contributed by atoms with Gasteiger partial charge in [-0.1, -0.05) is 214 Å². The minimum atomic E-state index is -4.30. The Morgan fingerprint density at radius 2 is 0.841 bits per heavy atom. The van der Waals surface area contributed by atoms with Crippen LogP contribution in [0.3, 0.4) is 0 Å². The van der Waals surface area contributed by atoms with Crippen molar-refractivity contribution in [2.45, 2.75) is 225 Å². The van der Waals surface area contributed by atoms with E-state index in [1.807, 2.05) is 21.1 Å². The quantitative estimate of drug-likeness (QED) is 0.0213. The van der Waals surface area contributed by atoms with Gasteiger partial charge >= 0.3 is 13.8 Å².